The Bertz CT molecular complexity index is 989. The monoisotopic (exact) mass is 408 g/mol. The van der Waals surface area contributed by atoms with E-state index in [9.17, 15) is 9.59 Å². The summed E-state index contributed by atoms with van der Waals surface area (Å²) in [7, 11) is 0. The van der Waals surface area contributed by atoms with Crippen molar-refractivity contribution in [3.63, 3.8) is 0 Å². The predicted octanol–water partition coefficient (Wildman–Crippen LogP) is 2.91. The topological polar surface area (TPSA) is 106 Å². The quantitative estimate of drug-likeness (QED) is 0.737. The lowest BCUT2D eigenvalue weighted by Crippen LogP contribution is -2.35. The molecule has 0 aliphatic heterocycles. The lowest BCUT2D eigenvalue weighted by atomic mass is 9.99. The highest BCUT2D eigenvalue weighted by molar-refractivity contribution is 5.90. The number of anilines is 1. The molecule has 1 atom stereocenters. The van der Waals surface area contributed by atoms with Gasteiger partial charge in [-0.1, -0.05) is 6.07 Å². The Morgan fingerprint density at radius 1 is 1.23 bits per heavy atom. The summed E-state index contributed by atoms with van der Waals surface area (Å²) < 4.78 is 11.9. The van der Waals surface area contributed by atoms with E-state index in [1.807, 2.05) is 6.07 Å². The van der Waals surface area contributed by atoms with Gasteiger partial charge < -0.3 is 9.47 Å². The standard InChI is InChI=1S/C22H24N4O4/c1-2-29-21(27)19(13-26-10-9-16(12-23)25-26)30-22(28)24-20-17-7-3-5-14(17)11-15-6-4-8-18(15)20/h9-11,19H,2-8,13H2,1H3,(H,24,28)/t19-/m1/s1. The van der Waals surface area contributed by atoms with Crippen LogP contribution in [0, 0.1) is 11.3 Å². The first-order valence-electron chi connectivity index (χ1n) is 10.3. The molecule has 156 valence electrons. The number of ether oxygens (including phenoxy) is 2. The minimum atomic E-state index is -1.17. The second-order valence-electron chi connectivity index (χ2n) is 7.54. The Balaban J connectivity index is 1.52. The van der Waals surface area contributed by atoms with Crippen molar-refractivity contribution < 1.29 is 19.1 Å². The van der Waals surface area contributed by atoms with Crippen LogP contribution in [-0.2, 0) is 46.5 Å². The van der Waals surface area contributed by atoms with Crippen LogP contribution in [-0.4, -0.2) is 34.6 Å². The van der Waals surface area contributed by atoms with E-state index in [1.54, 1.807) is 13.1 Å². The molecular weight excluding hydrogens is 384 g/mol. The number of rotatable bonds is 6. The minimum absolute atomic E-state index is 0.0288. The molecule has 0 bridgehead atoms. The van der Waals surface area contributed by atoms with Crippen LogP contribution < -0.4 is 5.32 Å². The van der Waals surface area contributed by atoms with Gasteiger partial charge in [0, 0.05) is 6.20 Å². The second kappa shape index (κ2) is 8.57. The highest BCUT2D eigenvalue weighted by Crippen LogP contribution is 2.38. The van der Waals surface area contributed by atoms with Gasteiger partial charge in [-0.2, -0.15) is 10.4 Å². The summed E-state index contributed by atoms with van der Waals surface area (Å²) >= 11 is 0. The summed E-state index contributed by atoms with van der Waals surface area (Å²) in [6.45, 7) is 1.83. The lowest BCUT2D eigenvalue weighted by Gasteiger charge is -2.19. The van der Waals surface area contributed by atoms with E-state index in [1.165, 1.54) is 33.0 Å². The lowest BCUT2D eigenvalue weighted by molar-refractivity contribution is -0.153. The zero-order valence-electron chi connectivity index (χ0n) is 16.9. The van der Waals surface area contributed by atoms with Crippen LogP contribution in [0.5, 0.6) is 0 Å². The number of benzene rings is 1. The molecule has 8 heteroatoms. The van der Waals surface area contributed by atoms with Gasteiger partial charge in [-0.05, 0) is 73.8 Å². The van der Waals surface area contributed by atoms with Crippen LogP contribution >= 0.6 is 0 Å². The number of aromatic nitrogens is 2. The van der Waals surface area contributed by atoms with Gasteiger partial charge in [0.05, 0.1) is 18.8 Å². The fraction of sp³-hybridized carbons (Fsp3) is 0.455. The van der Waals surface area contributed by atoms with Crippen molar-refractivity contribution in [1.29, 1.82) is 5.26 Å². The summed E-state index contributed by atoms with van der Waals surface area (Å²) in [5, 5.41) is 15.9. The normalized spacial score (nSPS) is 15.1. The Morgan fingerprint density at radius 3 is 2.53 bits per heavy atom. The first kappa shape index (κ1) is 20.0. The van der Waals surface area contributed by atoms with Crippen LogP contribution in [0.3, 0.4) is 0 Å². The van der Waals surface area contributed by atoms with Crippen molar-refractivity contribution in [3.8, 4) is 6.07 Å². The molecule has 0 radical (unpaired) electrons. The van der Waals surface area contributed by atoms with Crippen LogP contribution in [0.1, 0.15) is 47.7 Å². The van der Waals surface area contributed by atoms with Gasteiger partial charge in [0.15, 0.2) is 5.69 Å². The first-order chi connectivity index (χ1) is 14.6. The van der Waals surface area contributed by atoms with E-state index in [4.69, 9.17) is 14.7 Å². The van der Waals surface area contributed by atoms with Crippen molar-refractivity contribution in [2.75, 3.05) is 11.9 Å². The molecule has 0 fully saturated rings. The van der Waals surface area contributed by atoms with E-state index in [2.05, 4.69) is 16.5 Å². The van der Waals surface area contributed by atoms with E-state index in [-0.39, 0.29) is 18.8 Å². The van der Waals surface area contributed by atoms with Crippen molar-refractivity contribution in [2.24, 2.45) is 0 Å². The minimum Gasteiger partial charge on any atom is -0.463 e. The van der Waals surface area contributed by atoms with Crippen LogP contribution in [0.2, 0.25) is 0 Å². The van der Waals surface area contributed by atoms with Crippen molar-refractivity contribution in [2.45, 2.75) is 58.1 Å². The maximum absolute atomic E-state index is 12.8. The van der Waals surface area contributed by atoms with Crippen molar-refractivity contribution in [1.82, 2.24) is 9.78 Å². The number of nitrogens with one attached hydrogen (secondary N) is 1. The van der Waals surface area contributed by atoms with Gasteiger partial charge in [0.2, 0.25) is 6.10 Å². The molecule has 1 N–H and O–H groups in total. The van der Waals surface area contributed by atoms with Crippen LogP contribution in [0.4, 0.5) is 10.5 Å². The molecule has 0 spiro atoms. The number of aryl methyl sites for hydroxylation is 2. The molecule has 1 amide bonds. The maximum atomic E-state index is 12.8. The predicted molar refractivity (Wildman–Crippen MR) is 108 cm³/mol. The molecule has 2 aliphatic carbocycles. The largest absolute Gasteiger partial charge is 0.463 e. The Hall–Kier alpha value is -3.34. The average molecular weight is 408 g/mol. The first-order valence-corrected chi connectivity index (χ1v) is 10.3. The molecule has 2 aliphatic rings. The van der Waals surface area contributed by atoms with Gasteiger partial charge >= 0.3 is 12.1 Å². The zero-order valence-corrected chi connectivity index (χ0v) is 16.9. The number of nitrogens with zero attached hydrogens (tertiary/aromatic N) is 3. The molecule has 8 nitrogen and oxygen atoms in total. The summed E-state index contributed by atoms with van der Waals surface area (Å²) in [6, 6.07) is 5.74. The number of hydrogen-bond acceptors (Lipinski definition) is 6. The van der Waals surface area contributed by atoms with E-state index < -0.39 is 18.2 Å². The van der Waals surface area contributed by atoms with Gasteiger partial charge in [0.25, 0.3) is 0 Å². The molecule has 1 heterocycles. The van der Waals surface area contributed by atoms with Gasteiger partial charge in [-0.3, -0.25) is 10.00 Å². The molecular formula is C22H24N4O4. The molecule has 1 aromatic heterocycles. The highest BCUT2D eigenvalue weighted by atomic mass is 16.6. The Labute approximate surface area is 174 Å². The molecule has 0 unspecified atom stereocenters. The summed E-state index contributed by atoms with van der Waals surface area (Å²) in [5.74, 6) is -0.648. The van der Waals surface area contributed by atoms with E-state index in [0.29, 0.717) is 0 Å². The summed E-state index contributed by atoms with van der Waals surface area (Å²) in [5.41, 5.74) is 6.05. The molecule has 4 rings (SSSR count). The number of carbonyl (C=O) groups excluding carboxylic acids is 2. The molecule has 2 aromatic rings. The highest BCUT2D eigenvalue weighted by Gasteiger charge is 2.29. The number of hydrogen-bond donors (Lipinski definition) is 1. The Morgan fingerprint density at radius 2 is 1.93 bits per heavy atom. The third kappa shape index (κ3) is 4.01. The van der Waals surface area contributed by atoms with Gasteiger partial charge in [0.1, 0.15) is 6.07 Å². The summed E-state index contributed by atoms with van der Waals surface area (Å²) in [6.07, 6.45) is 5.78. The maximum Gasteiger partial charge on any atom is 0.412 e. The van der Waals surface area contributed by atoms with Gasteiger partial charge in [-0.25, -0.2) is 9.59 Å². The van der Waals surface area contributed by atoms with E-state index in [0.717, 1.165) is 44.2 Å². The molecule has 30 heavy (non-hydrogen) atoms. The number of nitriles is 1. The smallest absolute Gasteiger partial charge is 0.412 e. The second-order valence-corrected chi connectivity index (χ2v) is 7.54. The average Bonchev–Trinajstić information content (AvgIpc) is 3.47. The third-order valence-corrected chi connectivity index (χ3v) is 5.61. The third-order valence-electron chi connectivity index (χ3n) is 5.61. The molecule has 1 aromatic carbocycles. The van der Waals surface area contributed by atoms with Crippen LogP contribution in [0.25, 0.3) is 0 Å². The fourth-order valence-electron chi connectivity index (χ4n) is 4.32. The number of esters is 1. The molecule has 0 saturated heterocycles. The number of fused-ring (bicyclic) bond motifs is 2. The SMILES string of the molecule is CCOC(=O)[C@@H](Cn1ccc(C#N)n1)OC(=O)Nc1c2c(cc3c1CCC3)CCC2. The van der Waals surface area contributed by atoms with Gasteiger partial charge in [-0.15, -0.1) is 0 Å². The number of amides is 1. The van der Waals surface area contributed by atoms with Crippen molar-refractivity contribution >= 4 is 17.7 Å². The van der Waals surface area contributed by atoms with Crippen LogP contribution in [0.15, 0.2) is 18.3 Å². The zero-order chi connectivity index (χ0) is 21.1. The number of carbonyl (C=O) groups is 2. The Kier molecular flexibility index (Phi) is 5.70. The fourth-order valence-corrected chi connectivity index (χ4v) is 4.32. The van der Waals surface area contributed by atoms with E-state index >= 15 is 0 Å². The molecule has 0 saturated carbocycles. The summed E-state index contributed by atoms with van der Waals surface area (Å²) in [4.78, 5) is 25.1. The van der Waals surface area contributed by atoms with Crippen molar-refractivity contribution in [3.05, 3.63) is 46.3 Å².